The molecule has 0 saturated carbocycles. The molecule has 0 bridgehead atoms. The smallest absolute Gasteiger partial charge is 0.191 e. The van der Waals surface area contributed by atoms with Crippen molar-refractivity contribution in [2.45, 2.75) is 39.7 Å². The van der Waals surface area contributed by atoms with E-state index in [2.05, 4.69) is 36.4 Å². The highest BCUT2D eigenvalue weighted by Crippen LogP contribution is 2.16. The molecule has 0 radical (unpaired) electrons. The van der Waals surface area contributed by atoms with Crippen LogP contribution in [0.3, 0.4) is 0 Å². The van der Waals surface area contributed by atoms with Gasteiger partial charge in [0.15, 0.2) is 5.96 Å². The molecule has 0 aliphatic carbocycles. The molecule has 1 aliphatic heterocycles. The SMILES string of the molecule is CCNC(=NCC1CCCN(C)C1)NC(C)c1ccc(C)o1. The highest BCUT2D eigenvalue weighted by molar-refractivity contribution is 5.80. The van der Waals surface area contributed by atoms with Gasteiger partial charge in [-0.05, 0) is 65.3 Å². The van der Waals surface area contributed by atoms with Crippen molar-refractivity contribution in [2.75, 3.05) is 33.2 Å². The Hall–Kier alpha value is -1.49. The number of guanidine groups is 1. The molecule has 0 spiro atoms. The molecule has 2 heterocycles. The van der Waals surface area contributed by atoms with Gasteiger partial charge >= 0.3 is 0 Å². The van der Waals surface area contributed by atoms with Crippen molar-refractivity contribution in [1.82, 2.24) is 15.5 Å². The normalized spacial score (nSPS) is 21.6. The monoisotopic (exact) mass is 306 g/mol. The van der Waals surface area contributed by atoms with E-state index in [4.69, 9.17) is 9.41 Å². The first-order valence-electron chi connectivity index (χ1n) is 8.38. The van der Waals surface area contributed by atoms with Crippen molar-refractivity contribution in [1.29, 1.82) is 0 Å². The van der Waals surface area contributed by atoms with E-state index >= 15 is 0 Å². The Balaban J connectivity index is 1.91. The molecule has 22 heavy (non-hydrogen) atoms. The maximum Gasteiger partial charge on any atom is 0.191 e. The topological polar surface area (TPSA) is 52.8 Å². The van der Waals surface area contributed by atoms with Crippen LogP contribution in [0.5, 0.6) is 0 Å². The second-order valence-electron chi connectivity index (χ2n) is 6.30. The van der Waals surface area contributed by atoms with Gasteiger partial charge in [0.25, 0.3) is 0 Å². The van der Waals surface area contributed by atoms with E-state index in [-0.39, 0.29) is 6.04 Å². The molecule has 1 fully saturated rings. The summed E-state index contributed by atoms with van der Waals surface area (Å²) < 4.78 is 5.68. The van der Waals surface area contributed by atoms with E-state index in [0.29, 0.717) is 5.92 Å². The van der Waals surface area contributed by atoms with Gasteiger partial charge in [-0.15, -0.1) is 0 Å². The van der Waals surface area contributed by atoms with E-state index in [9.17, 15) is 0 Å². The van der Waals surface area contributed by atoms with Crippen molar-refractivity contribution >= 4 is 5.96 Å². The molecule has 2 unspecified atom stereocenters. The number of aliphatic imine (C=N–C) groups is 1. The Morgan fingerprint density at radius 2 is 2.32 bits per heavy atom. The van der Waals surface area contributed by atoms with Gasteiger partial charge in [0, 0.05) is 19.6 Å². The summed E-state index contributed by atoms with van der Waals surface area (Å²) in [7, 11) is 2.20. The Kier molecular flexibility index (Phi) is 6.31. The molecule has 1 aromatic rings. The standard InChI is InChI=1S/C17H30N4O/c1-5-18-17(19-11-15-7-6-10-21(4)12-15)20-14(3)16-9-8-13(2)22-16/h8-9,14-15H,5-7,10-12H2,1-4H3,(H2,18,19,20). The summed E-state index contributed by atoms with van der Waals surface area (Å²) in [5.41, 5.74) is 0. The number of likely N-dealkylation sites (tertiary alicyclic amines) is 1. The third kappa shape index (κ3) is 5.05. The van der Waals surface area contributed by atoms with E-state index in [1.807, 2.05) is 19.1 Å². The summed E-state index contributed by atoms with van der Waals surface area (Å²) in [5, 5.41) is 6.75. The van der Waals surface area contributed by atoms with Crippen LogP contribution < -0.4 is 10.6 Å². The fourth-order valence-electron chi connectivity index (χ4n) is 2.93. The van der Waals surface area contributed by atoms with Crippen LogP contribution in [0.15, 0.2) is 21.5 Å². The summed E-state index contributed by atoms with van der Waals surface area (Å²) in [4.78, 5) is 7.17. The predicted octanol–water partition coefficient (Wildman–Crippen LogP) is 2.55. The highest BCUT2D eigenvalue weighted by Gasteiger charge is 2.17. The van der Waals surface area contributed by atoms with Gasteiger partial charge in [0.2, 0.25) is 0 Å². The molecular formula is C17H30N4O. The zero-order chi connectivity index (χ0) is 15.9. The Morgan fingerprint density at radius 3 is 2.95 bits per heavy atom. The summed E-state index contributed by atoms with van der Waals surface area (Å²) in [6, 6.07) is 4.13. The lowest BCUT2D eigenvalue weighted by atomic mass is 9.99. The van der Waals surface area contributed by atoms with Crippen molar-refractivity contribution in [3.63, 3.8) is 0 Å². The van der Waals surface area contributed by atoms with E-state index < -0.39 is 0 Å². The number of piperidine rings is 1. The minimum absolute atomic E-state index is 0.112. The molecule has 2 N–H and O–H groups in total. The number of hydrogen-bond acceptors (Lipinski definition) is 3. The van der Waals surface area contributed by atoms with Crippen LogP contribution in [0.1, 0.15) is 44.3 Å². The maximum absolute atomic E-state index is 5.68. The molecule has 5 heteroatoms. The predicted molar refractivity (Wildman–Crippen MR) is 91.2 cm³/mol. The number of nitrogens with one attached hydrogen (secondary N) is 2. The lowest BCUT2D eigenvalue weighted by Gasteiger charge is -2.28. The van der Waals surface area contributed by atoms with Gasteiger partial charge in [0.1, 0.15) is 11.5 Å². The number of nitrogens with zero attached hydrogens (tertiary/aromatic N) is 2. The summed E-state index contributed by atoms with van der Waals surface area (Å²) >= 11 is 0. The first-order valence-corrected chi connectivity index (χ1v) is 8.38. The quantitative estimate of drug-likeness (QED) is 0.648. The summed E-state index contributed by atoms with van der Waals surface area (Å²) in [5.74, 6) is 3.42. The van der Waals surface area contributed by atoms with Crippen LogP contribution in [0, 0.1) is 12.8 Å². The second kappa shape index (κ2) is 8.22. The summed E-state index contributed by atoms with van der Waals surface area (Å²) in [6.07, 6.45) is 2.56. The number of rotatable bonds is 5. The molecule has 2 atom stereocenters. The van der Waals surface area contributed by atoms with Gasteiger partial charge in [0.05, 0.1) is 6.04 Å². The van der Waals surface area contributed by atoms with Crippen LogP contribution in [0.2, 0.25) is 0 Å². The Bertz CT molecular complexity index is 483. The van der Waals surface area contributed by atoms with Crippen LogP contribution in [-0.2, 0) is 0 Å². The van der Waals surface area contributed by atoms with Crippen LogP contribution in [0.4, 0.5) is 0 Å². The molecular weight excluding hydrogens is 276 g/mol. The molecule has 0 aromatic carbocycles. The lowest BCUT2D eigenvalue weighted by Crippen LogP contribution is -2.40. The van der Waals surface area contributed by atoms with Gasteiger partial charge < -0.3 is 20.0 Å². The van der Waals surface area contributed by atoms with Crippen molar-refractivity contribution in [3.05, 3.63) is 23.7 Å². The average molecular weight is 306 g/mol. The van der Waals surface area contributed by atoms with Crippen LogP contribution in [0.25, 0.3) is 0 Å². The zero-order valence-electron chi connectivity index (χ0n) is 14.4. The fraction of sp³-hybridized carbons (Fsp3) is 0.706. The minimum Gasteiger partial charge on any atom is -0.464 e. The Labute approximate surface area is 134 Å². The first-order chi connectivity index (χ1) is 10.6. The van der Waals surface area contributed by atoms with E-state index in [0.717, 1.165) is 37.1 Å². The maximum atomic E-state index is 5.68. The van der Waals surface area contributed by atoms with E-state index in [1.165, 1.54) is 19.4 Å². The molecule has 2 rings (SSSR count). The van der Waals surface area contributed by atoms with Crippen LogP contribution >= 0.6 is 0 Å². The number of aryl methyl sites for hydroxylation is 1. The highest BCUT2D eigenvalue weighted by atomic mass is 16.3. The molecule has 124 valence electrons. The molecule has 1 aliphatic rings. The molecule has 1 saturated heterocycles. The molecule has 0 amide bonds. The Morgan fingerprint density at radius 1 is 1.50 bits per heavy atom. The van der Waals surface area contributed by atoms with Crippen molar-refractivity contribution in [3.8, 4) is 0 Å². The fourth-order valence-corrected chi connectivity index (χ4v) is 2.93. The third-order valence-electron chi connectivity index (χ3n) is 4.12. The largest absolute Gasteiger partial charge is 0.464 e. The number of hydrogen-bond donors (Lipinski definition) is 2. The van der Waals surface area contributed by atoms with Gasteiger partial charge in [-0.1, -0.05) is 0 Å². The van der Waals surface area contributed by atoms with Gasteiger partial charge in [-0.25, -0.2) is 0 Å². The van der Waals surface area contributed by atoms with Crippen molar-refractivity contribution < 1.29 is 4.42 Å². The molecule has 1 aromatic heterocycles. The van der Waals surface area contributed by atoms with E-state index in [1.54, 1.807) is 0 Å². The van der Waals surface area contributed by atoms with Crippen molar-refractivity contribution in [2.24, 2.45) is 10.9 Å². The first kappa shape index (κ1) is 16.9. The van der Waals surface area contributed by atoms with Gasteiger partial charge in [-0.3, -0.25) is 4.99 Å². The third-order valence-corrected chi connectivity index (χ3v) is 4.12. The lowest BCUT2D eigenvalue weighted by molar-refractivity contribution is 0.214. The molecule has 5 nitrogen and oxygen atoms in total. The number of furan rings is 1. The van der Waals surface area contributed by atoms with Crippen LogP contribution in [-0.4, -0.2) is 44.1 Å². The van der Waals surface area contributed by atoms with Gasteiger partial charge in [-0.2, -0.15) is 0 Å². The minimum atomic E-state index is 0.112. The zero-order valence-corrected chi connectivity index (χ0v) is 14.4. The summed E-state index contributed by atoms with van der Waals surface area (Å²) in [6.45, 7) is 10.3. The average Bonchev–Trinajstić information content (AvgIpc) is 2.92. The second-order valence-corrected chi connectivity index (χ2v) is 6.30.